The molecule has 1 aromatic carbocycles. The molecule has 0 aliphatic carbocycles. The second kappa shape index (κ2) is 11.1. The lowest BCUT2D eigenvalue weighted by atomic mass is 10.2. The molecule has 2 saturated heterocycles. The van der Waals surface area contributed by atoms with Crippen molar-refractivity contribution >= 4 is 35.2 Å². The molecule has 3 rings (SSSR count). The van der Waals surface area contributed by atoms with Gasteiger partial charge in [-0.1, -0.05) is 11.6 Å². The van der Waals surface area contributed by atoms with Crippen LogP contribution < -0.4 is 5.32 Å². The highest BCUT2D eigenvalue weighted by molar-refractivity contribution is 7.99. The number of carbonyl (C=O) groups excluding carboxylic acids is 1. The van der Waals surface area contributed by atoms with Gasteiger partial charge in [-0.25, -0.2) is 4.99 Å². The third-order valence-corrected chi connectivity index (χ3v) is 6.72. The molecule has 1 aromatic rings. The summed E-state index contributed by atoms with van der Waals surface area (Å²) in [6.07, 6.45) is 3.80. The van der Waals surface area contributed by atoms with Crippen LogP contribution in [0.4, 0.5) is 0 Å². The summed E-state index contributed by atoms with van der Waals surface area (Å²) in [4.78, 5) is 24.4. The highest BCUT2D eigenvalue weighted by atomic mass is 35.5. The summed E-state index contributed by atoms with van der Waals surface area (Å²) in [5.41, 5.74) is 0. The number of guanidine groups is 1. The second-order valence-electron chi connectivity index (χ2n) is 7.79. The average Bonchev–Trinajstić information content (AvgIpc) is 3.40. The summed E-state index contributed by atoms with van der Waals surface area (Å²) in [5.74, 6) is 1.81. The van der Waals surface area contributed by atoms with Gasteiger partial charge in [-0.2, -0.15) is 0 Å². The highest BCUT2D eigenvalue weighted by Crippen LogP contribution is 2.21. The minimum Gasteiger partial charge on any atom is -0.355 e. The number of benzene rings is 1. The summed E-state index contributed by atoms with van der Waals surface area (Å²) < 4.78 is 0. The maximum Gasteiger partial charge on any atom is 0.243 e. The Kier molecular flexibility index (Phi) is 8.51. The van der Waals surface area contributed by atoms with Gasteiger partial charge in [0.1, 0.15) is 6.54 Å². The number of likely N-dealkylation sites (N-methyl/N-ethyl adjacent to an activating group) is 1. The normalized spacial score (nSPS) is 20.3. The molecular weight excluding hydrogens is 406 g/mol. The number of likely N-dealkylation sites (tertiary alicyclic amines) is 2. The number of carbonyl (C=O) groups is 1. The van der Waals surface area contributed by atoms with E-state index in [-0.39, 0.29) is 12.5 Å². The van der Waals surface area contributed by atoms with Gasteiger partial charge in [-0.15, -0.1) is 11.8 Å². The van der Waals surface area contributed by atoms with E-state index in [1.54, 1.807) is 30.8 Å². The van der Waals surface area contributed by atoms with Crippen LogP contribution in [-0.2, 0) is 4.79 Å². The fraction of sp³-hybridized carbons (Fsp3) is 0.619. The van der Waals surface area contributed by atoms with Crippen molar-refractivity contribution < 1.29 is 4.79 Å². The Bertz CT molecular complexity index is 691. The number of amides is 1. The number of halogens is 1. The van der Waals surface area contributed by atoms with Gasteiger partial charge in [0.05, 0.1) is 0 Å². The summed E-state index contributed by atoms with van der Waals surface area (Å²) in [6, 6.07) is 8.52. The van der Waals surface area contributed by atoms with E-state index in [2.05, 4.69) is 20.1 Å². The van der Waals surface area contributed by atoms with Crippen molar-refractivity contribution in [1.82, 2.24) is 20.0 Å². The van der Waals surface area contributed by atoms with E-state index in [4.69, 9.17) is 11.6 Å². The molecule has 0 spiro atoms. The van der Waals surface area contributed by atoms with Gasteiger partial charge in [-0.05, 0) is 56.6 Å². The van der Waals surface area contributed by atoms with Crippen LogP contribution in [0, 0.1) is 0 Å². The van der Waals surface area contributed by atoms with Crippen LogP contribution in [0.15, 0.2) is 34.2 Å². The van der Waals surface area contributed by atoms with Crippen LogP contribution in [0.2, 0.25) is 5.02 Å². The molecule has 1 atom stereocenters. The number of nitrogens with one attached hydrogen (secondary N) is 1. The van der Waals surface area contributed by atoms with Crippen molar-refractivity contribution in [3.8, 4) is 0 Å². The Morgan fingerprint density at radius 1 is 1.24 bits per heavy atom. The van der Waals surface area contributed by atoms with Gasteiger partial charge in [-0.3, -0.25) is 9.69 Å². The summed E-state index contributed by atoms with van der Waals surface area (Å²) in [7, 11) is 3.54. The Morgan fingerprint density at radius 2 is 1.97 bits per heavy atom. The number of aliphatic imine (C=N–C) groups is 1. The van der Waals surface area contributed by atoms with Crippen LogP contribution in [0.1, 0.15) is 19.3 Å². The predicted molar refractivity (Wildman–Crippen MR) is 122 cm³/mol. The number of hydrogen-bond acceptors (Lipinski definition) is 4. The molecule has 2 heterocycles. The number of rotatable bonds is 7. The molecule has 2 aliphatic heterocycles. The maximum absolute atomic E-state index is 12.0. The SMILES string of the molecule is CN(C)C(=O)CN=C(NCCSc1ccc(Cl)cc1)N1CCC(N2CCCC2)C1. The van der Waals surface area contributed by atoms with Gasteiger partial charge in [0.15, 0.2) is 5.96 Å². The molecule has 1 N–H and O–H groups in total. The maximum atomic E-state index is 12.0. The Morgan fingerprint density at radius 3 is 2.66 bits per heavy atom. The van der Waals surface area contributed by atoms with Crippen LogP contribution in [0.25, 0.3) is 0 Å². The molecule has 2 aliphatic rings. The third kappa shape index (κ3) is 6.79. The Labute approximate surface area is 183 Å². The molecule has 1 amide bonds. The average molecular weight is 438 g/mol. The first-order valence-corrected chi connectivity index (χ1v) is 11.7. The van der Waals surface area contributed by atoms with Gasteiger partial charge in [0, 0.05) is 55.4 Å². The molecular formula is C21H32ClN5OS. The first-order valence-electron chi connectivity index (χ1n) is 10.4. The van der Waals surface area contributed by atoms with Crippen LogP contribution in [-0.4, -0.2) is 91.7 Å². The van der Waals surface area contributed by atoms with Crippen molar-refractivity contribution in [2.24, 2.45) is 4.99 Å². The van der Waals surface area contributed by atoms with Gasteiger partial charge in [0.25, 0.3) is 0 Å². The van der Waals surface area contributed by atoms with Crippen LogP contribution in [0.5, 0.6) is 0 Å². The van der Waals surface area contributed by atoms with Crippen LogP contribution in [0.3, 0.4) is 0 Å². The summed E-state index contributed by atoms with van der Waals surface area (Å²) >= 11 is 7.74. The lowest BCUT2D eigenvalue weighted by Gasteiger charge is -2.25. The standard InChI is InChI=1S/C21H32ClN5OS/c1-25(2)20(28)15-24-21(23-10-14-29-19-7-5-17(22)6-8-19)27-13-9-18(16-27)26-11-3-4-12-26/h5-8,18H,3-4,9-16H2,1-2H3,(H,23,24). The van der Waals surface area contributed by atoms with Gasteiger partial charge < -0.3 is 15.1 Å². The molecule has 0 aromatic heterocycles. The molecule has 8 heteroatoms. The zero-order valence-electron chi connectivity index (χ0n) is 17.4. The van der Waals surface area contributed by atoms with E-state index >= 15 is 0 Å². The zero-order valence-corrected chi connectivity index (χ0v) is 19.0. The molecule has 0 radical (unpaired) electrons. The second-order valence-corrected chi connectivity index (χ2v) is 9.39. The molecule has 0 saturated carbocycles. The fourth-order valence-corrected chi connectivity index (χ4v) is 4.65. The highest BCUT2D eigenvalue weighted by Gasteiger charge is 2.30. The summed E-state index contributed by atoms with van der Waals surface area (Å²) in [5, 5.41) is 4.25. The molecule has 0 bridgehead atoms. The quantitative estimate of drug-likeness (QED) is 0.307. The lowest BCUT2D eigenvalue weighted by molar-refractivity contribution is -0.127. The first kappa shape index (κ1) is 22.2. The van der Waals surface area contributed by atoms with Crippen molar-refractivity contribution in [3.63, 3.8) is 0 Å². The first-order chi connectivity index (χ1) is 14.0. The topological polar surface area (TPSA) is 51.2 Å². The fourth-order valence-electron chi connectivity index (χ4n) is 3.75. The van der Waals surface area contributed by atoms with Crippen molar-refractivity contribution in [2.75, 3.05) is 59.1 Å². The minimum atomic E-state index is 0.0233. The molecule has 6 nitrogen and oxygen atoms in total. The Balaban J connectivity index is 1.53. The molecule has 1 unspecified atom stereocenters. The largest absolute Gasteiger partial charge is 0.355 e. The molecule has 160 valence electrons. The van der Waals surface area contributed by atoms with E-state index in [1.165, 1.54) is 37.2 Å². The lowest BCUT2D eigenvalue weighted by Crippen LogP contribution is -2.44. The smallest absolute Gasteiger partial charge is 0.243 e. The monoisotopic (exact) mass is 437 g/mol. The van der Waals surface area contributed by atoms with E-state index < -0.39 is 0 Å². The van der Waals surface area contributed by atoms with Crippen molar-refractivity contribution in [1.29, 1.82) is 0 Å². The molecule has 2 fully saturated rings. The third-order valence-electron chi connectivity index (χ3n) is 5.45. The van der Waals surface area contributed by atoms with Crippen molar-refractivity contribution in [3.05, 3.63) is 29.3 Å². The predicted octanol–water partition coefficient (Wildman–Crippen LogP) is 2.64. The van der Waals surface area contributed by atoms with E-state index in [9.17, 15) is 4.79 Å². The summed E-state index contributed by atoms with van der Waals surface area (Å²) in [6.45, 7) is 5.40. The van der Waals surface area contributed by atoms with Crippen molar-refractivity contribution in [2.45, 2.75) is 30.2 Å². The van der Waals surface area contributed by atoms with Gasteiger partial charge >= 0.3 is 0 Å². The molecule has 29 heavy (non-hydrogen) atoms. The number of nitrogens with zero attached hydrogens (tertiary/aromatic N) is 4. The van der Waals surface area contributed by atoms with E-state index in [0.717, 1.165) is 36.4 Å². The Hall–Kier alpha value is -1.44. The van der Waals surface area contributed by atoms with Crippen LogP contribution >= 0.6 is 23.4 Å². The zero-order chi connectivity index (χ0) is 20.6. The number of thioether (sulfide) groups is 1. The van der Waals surface area contributed by atoms with Gasteiger partial charge in [0.2, 0.25) is 5.91 Å². The number of hydrogen-bond donors (Lipinski definition) is 1. The van der Waals surface area contributed by atoms with E-state index in [1.807, 2.05) is 24.3 Å². The van der Waals surface area contributed by atoms with E-state index in [0.29, 0.717) is 6.04 Å². The minimum absolute atomic E-state index is 0.0233.